The van der Waals surface area contributed by atoms with Crippen LogP contribution in [0.4, 0.5) is 4.79 Å². The number of aliphatic carboxylic acids is 1. The molecule has 0 radical (unpaired) electrons. The molecule has 6 nitrogen and oxygen atoms in total. The van der Waals surface area contributed by atoms with E-state index in [0.717, 1.165) is 4.90 Å². The van der Waals surface area contributed by atoms with Crippen molar-refractivity contribution in [3.63, 3.8) is 0 Å². The van der Waals surface area contributed by atoms with E-state index >= 15 is 0 Å². The first-order chi connectivity index (χ1) is 7.41. The van der Waals surface area contributed by atoms with E-state index in [9.17, 15) is 14.4 Å². The number of carbonyl (C=O) groups is 3. The summed E-state index contributed by atoms with van der Waals surface area (Å²) in [7, 11) is 0. The smallest absolute Gasteiger partial charge is 0.410 e. The van der Waals surface area contributed by atoms with Crippen LogP contribution in [0.2, 0.25) is 0 Å². The number of ketones is 1. The predicted molar refractivity (Wildman–Crippen MR) is 53.9 cm³/mol. The van der Waals surface area contributed by atoms with E-state index in [1.165, 1.54) is 0 Å². The Morgan fingerprint density at radius 1 is 1.56 bits per heavy atom. The number of hydrogen-bond acceptors (Lipinski definition) is 4. The van der Waals surface area contributed by atoms with E-state index in [1.54, 1.807) is 0 Å². The molecule has 1 aliphatic rings. The summed E-state index contributed by atoms with van der Waals surface area (Å²) in [6.07, 6.45) is -0.863. The van der Waals surface area contributed by atoms with Crippen molar-refractivity contribution < 1.29 is 24.2 Å². The molecule has 1 amide bonds. The van der Waals surface area contributed by atoms with Crippen LogP contribution in [0.3, 0.4) is 0 Å². The molecule has 1 saturated heterocycles. The van der Waals surface area contributed by atoms with Crippen molar-refractivity contribution in [1.82, 2.24) is 4.90 Å². The molecule has 6 heteroatoms. The van der Waals surface area contributed by atoms with Crippen LogP contribution in [0.1, 0.15) is 20.3 Å². The lowest BCUT2D eigenvalue weighted by atomic mass is 10.2. The molecule has 16 heavy (non-hydrogen) atoms. The largest absolute Gasteiger partial charge is 0.480 e. The Hall–Kier alpha value is -1.59. The summed E-state index contributed by atoms with van der Waals surface area (Å²) < 4.78 is 4.89. The van der Waals surface area contributed by atoms with Gasteiger partial charge in [0.25, 0.3) is 0 Å². The number of nitrogens with zero attached hydrogens (tertiary/aromatic N) is 1. The number of hydrogen-bond donors (Lipinski definition) is 1. The maximum absolute atomic E-state index is 11.5. The van der Waals surface area contributed by atoms with Gasteiger partial charge in [-0.25, -0.2) is 9.59 Å². The second-order valence-electron chi connectivity index (χ2n) is 4.20. The lowest BCUT2D eigenvalue weighted by Crippen LogP contribution is -2.41. The van der Waals surface area contributed by atoms with E-state index in [-0.39, 0.29) is 31.3 Å². The van der Waals surface area contributed by atoms with Crippen LogP contribution >= 0.6 is 0 Å². The highest BCUT2D eigenvalue weighted by Gasteiger charge is 2.39. The number of carboxylic acid groups (broad SMARTS) is 1. The van der Waals surface area contributed by atoms with Crippen LogP contribution in [0.15, 0.2) is 0 Å². The summed E-state index contributed by atoms with van der Waals surface area (Å²) in [4.78, 5) is 34.4. The second kappa shape index (κ2) is 4.96. The standard InChI is InChI=1S/C10H15NO5/c1-6(2)5-16-10(15)11-4-7(12)3-8(11)9(13)14/h6,8H,3-5H2,1-2H3,(H,13,14). The molecule has 1 aliphatic heterocycles. The molecule has 1 heterocycles. The number of rotatable bonds is 3. The number of amides is 1. The van der Waals surface area contributed by atoms with Crippen LogP contribution in [-0.4, -0.2) is 47.0 Å². The zero-order valence-corrected chi connectivity index (χ0v) is 9.30. The number of ether oxygens (including phenoxy) is 1. The predicted octanol–water partition coefficient (Wildman–Crippen LogP) is 0.507. The summed E-state index contributed by atoms with van der Waals surface area (Å²) in [6.45, 7) is 3.79. The molecule has 0 aliphatic carbocycles. The van der Waals surface area contributed by atoms with Gasteiger partial charge in [-0.05, 0) is 5.92 Å². The molecular formula is C10H15NO5. The molecule has 0 saturated carbocycles. The summed E-state index contributed by atoms with van der Waals surface area (Å²) in [5.41, 5.74) is 0. The molecule has 0 aromatic rings. The molecular weight excluding hydrogens is 214 g/mol. The van der Waals surface area contributed by atoms with Crippen LogP contribution in [0, 0.1) is 5.92 Å². The Labute approximate surface area is 93.2 Å². The van der Waals surface area contributed by atoms with Gasteiger partial charge in [-0.3, -0.25) is 9.69 Å². The van der Waals surface area contributed by atoms with E-state index < -0.39 is 18.1 Å². The van der Waals surface area contributed by atoms with Gasteiger partial charge in [0.05, 0.1) is 13.2 Å². The molecule has 1 unspecified atom stereocenters. The average molecular weight is 229 g/mol. The van der Waals surface area contributed by atoms with Crippen molar-refractivity contribution in [2.24, 2.45) is 5.92 Å². The molecule has 90 valence electrons. The van der Waals surface area contributed by atoms with Gasteiger partial charge in [-0.2, -0.15) is 0 Å². The van der Waals surface area contributed by atoms with E-state index in [1.807, 2.05) is 13.8 Å². The van der Waals surface area contributed by atoms with E-state index in [4.69, 9.17) is 9.84 Å². The molecule has 1 N–H and O–H groups in total. The zero-order chi connectivity index (χ0) is 12.3. The molecule has 1 rings (SSSR count). The highest BCUT2D eigenvalue weighted by atomic mass is 16.6. The Kier molecular flexibility index (Phi) is 3.87. The summed E-state index contributed by atoms with van der Waals surface area (Å²) in [6, 6.07) is -1.08. The van der Waals surface area contributed by atoms with Crippen molar-refractivity contribution in [2.45, 2.75) is 26.3 Å². The van der Waals surface area contributed by atoms with Crippen molar-refractivity contribution in [3.8, 4) is 0 Å². The third-order valence-corrected chi connectivity index (χ3v) is 2.20. The van der Waals surface area contributed by atoms with Crippen molar-refractivity contribution in [1.29, 1.82) is 0 Å². The quantitative estimate of drug-likeness (QED) is 0.762. The molecule has 0 bridgehead atoms. The van der Waals surface area contributed by atoms with Gasteiger partial charge >= 0.3 is 12.1 Å². The average Bonchev–Trinajstić information content (AvgIpc) is 2.56. The minimum absolute atomic E-state index is 0.133. The first-order valence-electron chi connectivity index (χ1n) is 5.09. The van der Waals surface area contributed by atoms with Gasteiger partial charge in [0.15, 0.2) is 5.78 Å². The summed E-state index contributed by atoms with van der Waals surface area (Å²) in [5, 5.41) is 8.83. The van der Waals surface area contributed by atoms with Crippen LogP contribution < -0.4 is 0 Å². The third-order valence-electron chi connectivity index (χ3n) is 2.20. The van der Waals surface area contributed by atoms with Gasteiger partial charge in [0.1, 0.15) is 6.04 Å². The van der Waals surface area contributed by atoms with E-state index in [0.29, 0.717) is 0 Å². The second-order valence-corrected chi connectivity index (χ2v) is 4.20. The van der Waals surface area contributed by atoms with Crippen molar-refractivity contribution in [3.05, 3.63) is 0 Å². The summed E-state index contributed by atoms with van der Waals surface area (Å²) in [5.74, 6) is -1.26. The minimum atomic E-state index is -1.17. The number of carboxylic acids is 1. The molecule has 1 fully saturated rings. The minimum Gasteiger partial charge on any atom is -0.480 e. The monoisotopic (exact) mass is 229 g/mol. The SMILES string of the molecule is CC(C)COC(=O)N1CC(=O)CC1C(=O)O. The van der Waals surface area contributed by atoms with Gasteiger partial charge < -0.3 is 9.84 Å². The van der Waals surface area contributed by atoms with Crippen LogP contribution in [0.5, 0.6) is 0 Å². The van der Waals surface area contributed by atoms with Gasteiger partial charge in [-0.1, -0.05) is 13.8 Å². The van der Waals surface area contributed by atoms with Gasteiger partial charge in [-0.15, -0.1) is 0 Å². The Bertz CT molecular complexity index is 312. The lowest BCUT2D eigenvalue weighted by Gasteiger charge is -2.20. The van der Waals surface area contributed by atoms with Crippen LogP contribution in [-0.2, 0) is 14.3 Å². The Balaban J connectivity index is 2.60. The molecule has 0 aromatic carbocycles. The van der Waals surface area contributed by atoms with Crippen molar-refractivity contribution >= 4 is 17.8 Å². The fourth-order valence-corrected chi connectivity index (χ4v) is 1.42. The topological polar surface area (TPSA) is 83.9 Å². The normalized spacial score (nSPS) is 20.3. The molecule has 1 atom stereocenters. The lowest BCUT2D eigenvalue weighted by molar-refractivity contribution is -0.142. The third kappa shape index (κ3) is 2.95. The number of likely N-dealkylation sites (tertiary alicyclic amines) is 1. The highest BCUT2D eigenvalue weighted by Crippen LogP contribution is 2.16. The fraction of sp³-hybridized carbons (Fsp3) is 0.700. The fourth-order valence-electron chi connectivity index (χ4n) is 1.42. The zero-order valence-electron chi connectivity index (χ0n) is 9.30. The Morgan fingerprint density at radius 3 is 2.69 bits per heavy atom. The first kappa shape index (κ1) is 12.5. The highest BCUT2D eigenvalue weighted by molar-refractivity contribution is 5.95. The number of Topliss-reactive ketones (excluding diaryl/α,β-unsaturated/α-hetero) is 1. The number of carbonyl (C=O) groups excluding carboxylic acids is 2. The van der Waals surface area contributed by atoms with Crippen molar-refractivity contribution in [2.75, 3.05) is 13.2 Å². The molecule has 0 aromatic heterocycles. The molecule has 0 spiro atoms. The maximum Gasteiger partial charge on any atom is 0.410 e. The van der Waals surface area contributed by atoms with Crippen LogP contribution in [0.25, 0.3) is 0 Å². The van der Waals surface area contributed by atoms with E-state index in [2.05, 4.69) is 0 Å². The maximum atomic E-state index is 11.5. The van der Waals surface area contributed by atoms with Gasteiger partial charge in [0.2, 0.25) is 0 Å². The van der Waals surface area contributed by atoms with Gasteiger partial charge in [0, 0.05) is 6.42 Å². The first-order valence-corrected chi connectivity index (χ1v) is 5.09. The summed E-state index contributed by atoms with van der Waals surface area (Å²) >= 11 is 0. The Morgan fingerprint density at radius 2 is 2.19 bits per heavy atom.